The van der Waals surface area contributed by atoms with Crippen LogP contribution in [0.5, 0.6) is 5.75 Å². The molecule has 1 aliphatic carbocycles. The van der Waals surface area contributed by atoms with Crippen LogP contribution in [0.2, 0.25) is 0 Å². The second-order valence-corrected chi connectivity index (χ2v) is 8.30. The zero-order chi connectivity index (χ0) is 21.6. The number of pyridine rings is 1. The fourth-order valence-electron chi connectivity index (χ4n) is 4.60. The SMILES string of the molecule is CCCC1CN(c2c(F)cc3c(=O)c(C(=O)O)cn(C4CC4)c3c2OC)CCC1O. The molecule has 2 N–H and O–H groups in total. The van der Waals surface area contributed by atoms with Crippen molar-refractivity contribution in [3.63, 3.8) is 0 Å². The van der Waals surface area contributed by atoms with Gasteiger partial charge in [-0.15, -0.1) is 0 Å². The average molecular weight is 418 g/mol. The monoisotopic (exact) mass is 418 g/mol. The standard InChI is InChI=1S/C22H27FN2O5/c1-3-4-12-10-24(8-7-17(12)26)19-16(23)9-14-18(21(19)30-2)25(13-5-6-13)11-15(20(14)27)22(28)29/h9,11-13,17,26H,3-8,10H2,1-2H3,(H,28,29). The van der Waals surface area contributed by atoms with Crippen molar-refractivity contribution in [2.45, 2.75) is 51.2 Å². The summed E-state index contributed by atoms with van der Waals surface area (Å²) in [7, 11) is 1.44. The molecule has 1 aromatic carbocycles. The second-order valence-electron chi connectivity index (χ2n) is 8.30. The van der Waals surface area contributed by atoms with Crippen LogP contribution in [0.25, 0.3) is 10.9 Å². The van der Waals surface area contributed by atoms with E-state index in [-0.39, 0.29) is 34.3 Å². The Morgan fingerprint density at radius 1 is 1.33 bits per heavy atom. The number of benzene rings is 1. The van der Waals surface area contributed by atoms with Crippen molar-refractivity contribution in [2.75, 3.05) is 25.1 Å². The summed E-state index contributed by atoms with van der Waals surface area (Å²) >= 11 is 0. The number of aromatic carboxylic acids is 1. The molecule has 2 fully saturated rings. The minimum absolute atomic E-state index is 0.0158. The Bertz CT molecular complexity index is 1050. The number of carboxylic acids is 1. The normalized spacial score (nSPS) is 21.8. The summed E-state index contributed by atoms with van der Waals surface area (Å²) in [5.41, 5.74) is -0.372. The number of halogens is 1. The molecular weight excluding hydrogens is 391 g/mol. The van der Waals surface area contributed by atoms with Gasteiger partial charge in [0.15, 0.2) is 11.6 Å². The number of aliphatic hydroxyl groups excluding tert-OH is 1. The van der Waals surface area contributed by atoms with Crippen molar-refractivity contribution < 1.29 is 24.1 Å². The van der Waals surface area contributed by atoms with Crippen LogP contribution in [-0.4, -0.2) is 47.1 Å². The van der Waals surface area contributed by atoms with Crippen molar-refractivity contribution in [2.24, 2.45) is 5.92 Å². The Morgan fingerprint density at radius 2 is 2.07 bits per heavy atom. The molecule has 1 aliphatic heterocycles. The van der Waals surface area contributed by atoms with Crippen LogP contribution in [0.4, 0.5) is 10.1 Å². The molecule has 2 heterocycles. The highest BCUT2D eigenvalue weighted by atomic mass is 19.1. The number of ether oxygens (including phenoxy) is 1. The molecule has 4 rings (SSSR count). The molecule has 7 nitrogen and oxygen atoms in total. The smallest absolute Gasteiger partial charge is 0.341 e. The predicted octanol–water partition coefficient (Wildman–Crippen LogP) is 3.17. The van der Waals surface area contributed by atoms with Crippen LogP contribution in [0.1, 0.15) is 55.4 Å². The van der Waals surface area contributed by atoms with Gasteiger partial charge in [-0.05, 0) is 31.7 Å². The Morgan fingerprint density at radius 3 is 2.67 bits per heavy atom. The Kier molecular flexibility index (Phi) is 5.44. The fourth-order valence-corrected chi connectivity index (χ4v) is 4.60. The minimum Gasteiger partial charge on any atom is -0.492 e. The van der Waals surface area contributed by atoms with Crippen molar-refractivity contribution >= 4 is 22.6 Å². The number of aliphatic hydroxyl groups is 1. The van der Waals surface area contributed by atoms with Crippen LogP contribution >= 0.6 is 0 Å². The number of hydrogen-bond acceptors (Lipinski definition) is 5. The Balaban J connectivity index is 1.93. The van der Waals surface area contributed by atoms with E-state index in [1.54, 1.807) is 4.57 Å². The second kappa shape index (κ2) is 7.91. The highest BCUT2D eigenvalue weighted by molar-refractivity contribution is 5.97. The largest absolute Gasteiger partial charge is 0.492 e. The highest BCUT2D eigenvalue weighted by Crippen LogP contribution is 2.44. The zero-order valence-corrected chi connectivity index (χ0v) is 17.2. The summed E-state index contributed by atoms with van der Waals surface area (Å²) in [6, 6.07) is 1.20. The van der Waals surface area contributed by atoms with Gasteiger partial charge in [0.1, 0.15) is 11.3 Å². The van der Waals surface area contributed by atoms with Gasteiger partial charge in [-0.3, -0.25) is 4.79 Å². The van der Waals surface area contributed by atoms with Crippen LogP contribution < -0.4 is 15.1 Å². The maximum atomic E-state index is 15.3. The van der Waals surface area contributed by atoms with Crippen LogP contribution in [-0.2, 0) is 0 Å². The number of rotatable bonds is 6. The predicted molar refractivity (Wildman–Crippen MR) is 111 cm³/mol. The van der Waals surface area contributed by atoms with Crippen molar-refractivity contribution in [1.82, 2.24) is 4.57 Å². The molecule has 1 saturated heterocycles. The molecule has 1 aromatic heterocycles. The van der Waals surface area contributed by atoms with Crippen molar-refractivity contribution in [3.8, 4) is 5.75 Å². The van der Waals surface area contributed by atoms with Gasteiger partial charge in [0.05, 0.1) is 24.1 Å². The van der Waals surface area contributed by atoms with E-state index >= 15 is 4.39 Å². The van der Waals surface area contributed by atoms with Crippen LogP contribution in [0, 0.1) is 11.7 Å². The van der Waals surface area contributed by atoms with E-state index in [4.69, 9.17) is 4.74 Å². The molecule has 0 spiro atoms. The molecule has 8 heteroatoms. The number of nitrogens with zero attached hydrogens (tertiary/aromatic N) is 2. The summed E-state index contributed by atoms with van der Waals surface area (Å²) in [6.45, 7) is 3.02. The van der Waals surface area contributed by atoms with Crippen molar-refractivity contribution in [3.05, 3.63) is 33.9 Å². The first-order valence-corrected chi connectivity index (χ1v) is 10.5. The first-order chi connectivity index (χ1) is 14.4. The Labute approximate surface area is 173 Å². The number of carboxylic acid groups (broad SMARTS) is 1. The van der Waals surface area contributed by atoms with Gasteiger partial charge in [0.25, 0.3) is 0 Å². The lowest BCUT2D eigenvalue weighted by Gasteiger charge is -2.38. The molecule has 0 amide bonds. The molecule has 1 saturated carbocycles. The number of fused-ring (bicyclic) bond motifs is 1. The number of hydrogen-bond donors (Lipinski definition) is 2. The summed E-state index contributed by atoms with van der Waals surface area (Å²) in [5.74, 6) is -1.67. The van der Waals surface area contributed by atoms with E-state index in [1.165, 1.54) is 13.3 Å². The van der Waals surface area contributed by atoms with Gasteiger partial charge in [-0.2, -0.15) is 0 Å². The van der Waals surface area contributed by atoms with Crippen LogP contribution in [0.3, 0.4) is 0 Å². The first kappa shape index (κ1) is 20.7. The quantitative estimate of drug-likeness (QED) is 0.749. The van der Waals surface area contributed by atoms with E-state index in [9.17, 15) is 19.8 Å². The molecule has 2 aromatic rings. The van der Waals surface area contributed by atoms with E-state index in [0.29, 0.717) is 25.0 Å². The highest BCUT2D eigenvalue weighted by Gasteiger charge is 2.34. The lowest BCUT2D eigenvalue weighted by molar-refractivity contribution is 0.0694. The fraction of sp³-hybridized carbons (Fsp3) is 0.545. The molecule has 0 radical (unpaired) electrons. The number of piperidine rings is 1. The molecule has 162 valence electrons. The lowest BCUT2D eigenvalue weighted by Crippen LogP contribution is -2.43. The summed E-state index contributed by atoms with van der Waals surface area (Å²) < 4.78 is 22.7. The molecule has 0 bridgehead atoms. The summed E-state index contributed by atoms with van der Waals surface area (Å²) in [5, 5.41) is 19.8. The van der Waals surface area contributed by atoms with E-state index in [2.05, 4.69) is 6.92 Å². The third-order valence-electron chi connectivity index (χ3n) is 6.24. The first-order valence-electron chi connectivity index (χ1n) is 10.5. The van der Waals surface area contributed by atoms with E-state index in [0.717, 1.165) is 31.7 Å². The van der Waals surface area contributed by atoms with Gasteiger partial charge in [0.2, 0.25) is 5.43 Å². The Hall–Kier alpha value is -2.61. The molecule has 2 atom stereocenters. The maximum absolute atomic E-state index is 15.3. The van der Waals surface area contributed by atoms with Gasteiger partial charge in [-0.25, -0.2) is 9.18 Å². The van der Waals surface area contributed by atoms with Crippen LogP contribution in [0.15, 0.2) is 17.1 Å². The summed E-state index contributed by atoms with van der Waals surface area (Å²) in [4.78, 5) is 26.2. The number of anilines is 1. The van der Waals surface area contributed by atoms with Gasteiger partial charge in [-0.1, -0.05) is 13.3 Å². The minimum atomic E-state index is -1.33. The van der Waals surface area contributed by atoms with Gasteiger partial charge >= 0.3 is 5.97 Å². The molecule has 30 heavy (non-hydrogen) atoms. The molecule has 2 unspecified atom stereocenters. The third-order valence-corrected chi connectivity index (χ3v) is 6.24. The number of methoxy groups -OCH3 is 1. The van der Waals surface area contributed by atoms with E-state index < -0.39 is 23.3 Å². The number of carbonyl (C=O) groups is 1. The lowest BCUT2D eigenvalue weighted by atomic mass is 9.90. The molecule has 2 aliphatic rings. The third kappa shape index (κ3) is 3.43. The van der Waals surface area contributed by atoms with Gasteiger partial charge in [0, 0.05) is 31.2 Å². The average Bonchev–Trinajstić information content (AvgIpc) is 3.54. The van der Waals surface area contributed by atoms with E-state index in [1.807, 2.05) is 4.90 Å². The number of aromatic nitrogens is 1. The topological polar surface area (TPSA) is 92.0 Å². The molecular formula is C22H27FN2O5. The maximum Gasteiger partial charge on any atom is 0.341 e. The zero-order valence-electron chi connectivity index (χ0n) is 17.2. The van der Waals surface area contributed by atoms with Crippen molar-refractivity contribution in [1.29, 1.82) is 0 Å². The van der Waals surface area contributed by atoms with Gasteiger partial charge < -0.3 is 24.4 Å². The summed E-state index contributed by atoms with van der Waals surface area (Å²) in [6.07, 6.45) is 4.95.